The van der Waals surface area contributed by atoms with Gasteiger partial charge in [0.1, 0.15) is 11.9 Å². The van der Waals surface area contributed by atoms with Gasteiger partial charge < -0.3 is 56.5 Å². The van der Waals surface area contributed by atoms with E-state index in [1.54, 1.807) is 21.6 Å². The molecular weight excluding hydrogens is 1130 g/mol. The van der Waals surface area contributed by atoms with E-state index in [0.29, 0.717) is 80.2 Å². The number of aliphatic hydroxyl groups is 6. The Labute approximate surface area is 528 Å². The van der Waals surface area contributed by atoms with Gasteiger partial charge in [0.15, 0.2) is 11.5 Å². The van der Waals surface area contributed by atoms with Gasteiger partial charge >= 0.3 is 0 Å². The Hall–Kier alpha value is -5.14. The molecule has 13 heteroatoms. The summed E-state index contributed by atoms with van der Waals surface area (Å²) in [6.45, 7) is 2.45. The summed E-state index contributed by atoms with van der Waals surface area (Å²) in [5.74, 6) is 8.98. The Morgan fingerprint density at radius 3 is 2.39 bits per heavy atom. The van der Waals surface area contributed by atoms with E-state index < -0.39 is 65.0 Å². The van der Waals surface area contributed by atoms with E-state index in [9.17, 15) is 35.7 Å². The van der Waals surface area contributed by atoms with Gasteiger partial charge in [0.25, 0.3) is 0 Å². The summed E-state index contributed by atoms with van der Waals surface area (Å²) >= 11 is 0. The first kappa shape index (κ1) is 60.4. The van der Waals surface area contributed by atoms with Crippen LogP contribution in [-0.4, -0.2) is 103 Å². The number of phenols is 1. The molecule has 0 radical (unpaired) electrons. The maximum Gasteiger partial charge on any atom is 0.161 e. The number of aliphatic hydroxyl groups excluding tert-OH is 6. The first-order valence-electron chi connectivity index (χ1n) is 33.4. The highest BCUT2D eigenvalue weighted by atomic mass is 33.1. The molecule has 1 aromatic heterocycles. The number of dihydropyridines is 1. The van der Waals surface area contributed by atoms with Crippen LogP contribution in [0.15, 0.2) is 144 Å². The van der Waals surface area contributed by atoms with Gasteiger partial charge in [-0.3, -0.25) is 0 Å². The Morgan fingerprint density at radius 2 is 1.59 bits per heavy atom. The number of rotatable bonds is 8. The van der Waals surface area contributed by atoms with E-state index in [2.05, 4.69) is 126 Å². The van der Waals surface area contributed by atoms with Crippen LogP contribution in [0.2, 0.25) is 0 Å². The molecule has 3 heterocycles. The van der Waals surface area contributed by atoms with Crippen molar-refractivity contribution in [2.45, 2.75) is 139 Å². The van der Waals surface area contributed by atoms with Gasteiger partial charge in [-0.15, -0.1) is 0 Å². The van der Waals surface area contributed by atoms with Crippen LogP contribution in [0.4, 0.5) is 0 Å². The lowest BCUT2D eigenvalue weighted by Gasteiger charge is -2.67. The zero-order valence-corrected chi connectivity index (χ0v) is 52.5. The molecule has 2 bridgehead atoms. The molecule has 10 aliphatic rings. The lowest BCUT2D eigenvalue weighted by Crippen LogP contribution is -2.65. The Morgan fingerprint density at radius 1 is 0.784 bits per heavy atom. The number of hydrogen-bond donors (Lipinski definition) is 10. The number of fused-ring (bicyclic) bond motifs is 9. The fourth-order valence-corrected chi connectivity index (χ4v) is 22.4. The minimum Gasteiger partial charge on any atom is -0.504 e. The van der Waals surface area contributed by atoms with Crippen LogP contribution in [0.25, 0.3) is 0 Å². The number of phenolic OH excluding ortho intramolecular Hbond substituents is 1. The summed E-state index contributed by atoms with van der Waals surface area (Å²) in [5.41, 5.74) is 15.7. The highest BCUT2D eigenvalue weighted by molar-refractivity contribution is 8.76. The molecular formula is C75H91N3O8S2. The number of H-pyrrole nitrogens is 1. The van der Waals surface area contributed by atoms with Crippen LogP contribution < -0.4 is 15.8 Å². The van der Waals surface area contributed by atoms with Crippen LogP contribution in [0, 0.1) is 93.7 Å². The van der Waals surface area contributed by atoms with Gasteiger partial charge in [-0.05, 0) is 182 Å². The van der Waals surface area contributed by atoms with Crippen LogP contribution in [0.5, 0.6) is 11.5 Å². The van der Waals surface area contributed by atoms with Crippen LogP contribution >= 0.6 is 21.6 Å². The molecule has 11 nitrogen and oxygen atoms in total. The molecule has 11 N–H and O–H groups in total. The first-order chi connectivity index (χ1) is 42.9. The second-order valence-electron chi connectivity index (χ2n) is 28.2. The summed E-state index contributed by atoms with van der Waals surface area (Å²) in [6, 6.07) is 28.0. The SMILES string of the molecule is CC[C@@H]1Cc2cc(O)c(O[C@@H]3C[C@H](Cc4ccc[nH]4)C4=CCNC(N)=C4CSSC[C@H](CO)[C@H]3O)cc2[C@@H]2C[C@@H](O)[C@@H]3[C@@H](C#C[C@]45C[C@@H](c6ccccc6)[C@H]6Cc7ccccc7C[C@H]7[C@@H]8CCCC[C@@H]8C=C[C@@H]7[C@@]6(C=C[C@H]4[C@H](O)CC[C@@H]3O)[C@H]5CO)C=C12. The van der Waals surface area contributed by atoms with Crippen LogP contribution in [0.1, 0.15) is 116 Å². The molecule has 466 valence electrons. The minimum absolute atomic E-state index is 0.0276. The summed E-state index contributed by atoms with van der Waals surface area (Å²) in [4.78, 5) is 3.39. The van der Waals surface area contributed by atoms with Gasteiger partial charge in [-0.25, -0.2) is 0 Å². The number of benzene rings is 3. The molecule has 0 amide bonds. The molecule has 4 aromatic rings. The van der Waals surface area contributed by atoms with Crippen molar-refractivity contribution in [2.24, 2.45) is 87.6 Å². The van der Waals surface area contributed by atoms with E-state index in [1.165, 1.54) is 42.4 Å². The molecule has 1 saturated heterocycles. The standard InChI is InChI=1S/C75H91N3O8S2/c1-2-43-29-49-34-66(83)68(86-69-35-50(30-52-16-10-27-77-52)54-24-28-78-73(76)60(54)42-88-87-41-51(39-79)72(69)85)37-56(49)57-36-67(84)71-48(32-55(43)57)22-25-74-38-59(44-11-4-3-5-12-44)63-33-47-15-7-6-14-46(47)31-58-53-17-9-8-13-45(53)18-19-61(58)75(63,70(74)40-80)26-23-62(74)64(81)20-21-65(71)82/h3-7,10-12,14-16,18-19,23-24,26-27,32,34,37,43,45,48,50-51,53,57-59,61-65,67,69-72,77-85H,2,8-9,13,17,20-21,28-31,33,35-36,38-42,76H2,1H3/t43-,45-,48+,50+,51+,53-,57-,58+,59+,61+,62+,63-,64-,65+,67-,69-,70+,71-,72-,74+,75-/m1/s1. The van der Waals surface area contributed by atoms with Gasteiger partial charge in [-0.2, -0.15) is 0 Å². The third-order valence-corrected chi connectivity index (χ3v) is 26.5. The van der Waals surface area contributed by atoms with Gasteiger partial charge in [0.05, 0.1) is 24.4 Å². The maximum absolute atomic E-state index is 13.0. The quantitative estimate of drug-likeness (QED) is 0.0455. The molecule has 2 aliphatic heterocycles. The largest absolute Gasteiger partial charge is 0.504 e. The zero-order chi connectivity index (χ0) is 60.4. The van der Waals surface area contributed by atoms with E-state index >= 15 is 0 Å². The average molecular weight is 1230 g/mol. The second kappa shape index (κ2) is 25.2. The lowest BCUT2D eigenvalue weighted by atomic mass is 9.36. The van der Waals surface area contributed by atoms with Gasteiger partial charge in [-0.1, -0.05) is 150 Å². The molecule has 8 aliphatic carbocycles. The minimum atomic E-state index is -1.09. The van der Waals surface area contributed by atoms with Crippen molar-refractivity contribution in [3.05, 3.63) is 178 Å². The van der Waals surface area contributed by atoms with Crippen molar-refractivity contribution in [1.82, 2.24) is 10.3 Å². The Bertz CT molecular complexity index is 3410. The summed E-state index contributed by atoms with van der Waals surface area (Å²) < 4.78 is 7.05. The van der Waals surface area contributed by atoms with Crippen molar-refractivity contribution in [1.29, 1.82) is 0 Å². The molecule has 3 fully saturated rings. The maximum atomic E-state index is 13.0. The fourth-order valence-electron chi connectivity index (χ4n) is 19.9. The smallest absolute Gasteiger partial charge is 0.161 e. The molecule has 0 unspecified atom stereocenters. The number of hydrogen-bond acceptors (Lipinski definition) is 12. The number of nitrogens with two attached hydrogens (primary N) is 1. The first-order valence-corrected chi connectivity index (χ1v) is 35.9. The number of ether oxygens (including phenoxy) is 1. The number of aromatic nitrogens is 1. The molecule has 3 aromatic carbocycles. The van der Waals surface area contributed by atoms with E-state index in [4.69, 9.17) is 10.5 Å². The Kier molecular flexibility index (Phi) is 17.3. The van der Waals surface area contributed by atoms with Crippen molar-refractivity contribution >= 4 is 21.6 Å². The summed E-state index contributed by atoms with van der Waals surface area (Å²) in [6.07, 6.45) is 22.5. The number of aromatic amines is 1. The molecule has 2 spiro atoms. The van der Waals surface area contributed by atoms with E-state index in [0.717, 1.165) is 52.8 Å². The lowest BCUT2D eigenvalue weighted by molar-refractivity contribution is -0.143. The summed E-state index contributed by atoms with van der Waals surface area (Å²) in [7, 11) is 3.26. The monoisotopic (exact) mass is 1230 g/mol. The predicted octanol–water partition coefficient (Wildman–Crippen LogP) is 10.9. The molecule has 21 atom stereocenters. The van der Waals surface area contributed by atoms with E-state index in [-0.39, 0.29) is 72.6 Å². The highest BCUT2D eigenvalue weighted by Gasteiger charge is 2.68. The number of aromatic hydroxyl groups is 1. The van der Waals surface area contributed by atoms with E-state index in [1.807, 2.05) is 24.4 Å². The third kappa shape index (κ3) is 10.7. The van der Waals surface area contributed by atoms with Crippen molar-refractivity contribution < 1.29 is 40.5 Å². The zero-order valence-electron chi connectivity index (χ0n) is 50.9. The normalized spacial score (nSPS) is 39.3. The van der Waals surface area contributed by atoms with Crippen LogP contribution in [-0.2, 0) is 25.7 Å². The number of nitrogens with one attached hydrogen (secondary N) is 2. The summed E-state index contributed by atoms with van der Waals surface area (Å²) in [5, 5.41) is 90.1. The highest BCUT2D eigenvalue weighted by Crippen LogP contribution is 2.71. The Balaban J connectivity index is 0.879. The third-order valence-electron chi connectivity index (χ3n) is 24.1. The average Bonchev–Trinajstić information content (AvgIpc) is 0.739. The van der Waals surface area contributed by atoms with Gasteiger partial charge in [0.2, 0.25) is 0 Å². The molecule has 14 rings (SSSR count). The van der Waals surface area contributed by atoms with Crippen molar-refractivity contribution in [2.75, 3.05) is 31.3 Å². The van der Waals surface area contributed by atoms with Crippen LogP contribution in [0.3, 0.4) is 0 Å². The topological polar surface area (TPSA) is 205 Å². The fraction of sp³-hybridized carbons (Fsp3) is 0.547. The second-order valence-corrected chi connectivity index (χ2v) is 30.7. The predicted molar refractivity (Wildman–Crippen MR) is 350 cm³/mol. The van der Waals surface area contributed by atoms with Crippen molar-refractivity contribution in [3.63, 3.8) is 0 Å². The van der Waals surface area contributed by atoms with Gasteiger partial charge in [0, 0.05) is 95.1 Å². The molecule has 88 heavy (non-hydrogen) atoms. The number of allylic oxidation sites excluding steroid dienone is 6. The molecule has 2 saturated carbocycles. The van der Waals surface area contributed by atoms with Crippen molar-refractivity contribution in [3.8, 4) is 23.3 Å².